The summed E-state index contributed by atoms with van der Waals surface area (Å²) in [7, 11) is 0. The standard InChI is InChI=1S/C12H13N3O3S/c13-8(12(17)18)5-19-6-10-14-9-4-2-1-3-7(9)11(16)15-10/h1-4,8H,5-6,13H2,(H,17,18)(H,14,15,16)/t8-/m0/s1. The number of carboxylic acids is 1. The fraction of sp³-hybridized carbons (Fsp3) is 0.250. The largest absolute Gasteiger partial charge is 0.480 e. The number of carbonyl (C=O) groups is 1. The minimum absolute atomic E-state index is 0.191. The molecule has 1 heterocycles. The molecule has 19 heavy (non-hydrogen) atoms. The molecule has 100 valence electrons. The molecular weight excluding hydrogens is 266 g/mol. The predicted octanol–water partition coefficient (Wildman–Crippen LogP) is 0.568. The molecule has 2 aromatic rings. The first kappa shape index (κ1) is 13.6. The Bertz CT molecular complexity index is 656. The SMILES string of the molecule is N[C@@H](CSCc1nc2ccccc2c(=O)[nH]1)C(=O)O. The summed E-state index contributed by atoms with van der Waals surface area (Å²) in [5, 5.41) is 9.19. The Balaban J connectivity index is 2.09. The van der Waals surface area contributed by atoms with Crippen molar-refractivity contribution in [3.8, 4) is 0 Å². The molecule has 0 spiro atoms. The Kier molecular flexibility index (Phi) is 4.18. The lowest BCUT2D eigenvalue weighted by Crippen LogP contribution is -2.32. The second-order valence-corrected chi connectivity index (χ2v) is 5.02. The molecule has 7 heteroatoms. The summed E-state index contributed by atoms with van der Waals surface area (Å²) < 4.78 is 0. The van der Waals surface area contributed by atoms with Gasteiger partial charge in [-0.2, -0.15) is 11.8 Å². The quantitative estimate of drug-likeness (QED) is 0.738. The van der Waals surface area contributed by atoms with Crippen LogP contribution in [-0.4, -0.2) is 32.8 Å². The third-order valence-corrected chi connectivity index (χ3v) is 3.59. The van der Waals surface area contributed by atoms with Crippen molar-refractivity contribution >= 4 is 28.6 Å². The monoisotopic (exact) mass is 279 g/mol. The molecule has 1 aromatic heterocycles. The van der Waals surface area contributed by atoms with Gasteiger partial charge < -0.3 is 15.8 Å². The van der Waals surface area contributed by atoms with Crippen LogP contribution in [0.1, 0.15) is 5.82 Å². The number of nitrogens with one attached hydrogen (secondary N) is 1. The molecular formula is C12H13N3O3S. The van der Waals surface area contributed by atoms with Gasteiger partial charge in [0.2, 0.25) is 0 Å². The van der Waals surface area contributed by atoms with Gasteiger partial charge in [0.05, 0.1) is 16.7 Å². The van der Waals surface area contributed by atoms with Gasteiger partial charge in [-0.15, -0.1) is 0 Å². The maximum atomic E-state index is 11.8. The summed E-state index contributed by atoms with van der Waals surface area (Å²) in [5.41, 5.74) is 5.83. The lowest BCUT2D eigenvalue weighted by atomic mass is 10.2. The van der Waals surface area contributed by atoms with Crippen molar-refractivity contribution in [2.24, 2.45) is 5.73 Å². The number of thioether (sulfide) groups is 1. The Hall–Kier alpha value is -1.86. The molecule has 0 aliphatic rings. The number of benzene rings is 1. The van der Waals surface area contributed by atoms with Gasteiger partial charge in [-0.3, -0.25) is 9.59 Å². The van der Waals surface area contributed by atoms with Crippen LogP contribution in [-0.2, 0) is 10.5 Å². The predicted molar refractivity (Wildman–Crippen MR) is 74.1 cm³/mol. The molecule has 4 N–H and O–H groups in total. The second kappa shape index (κ2) is 5.85. The topological polar surface area (TPSA) is 109 Å². The van der Waals surface area contributed by atoms with E-state index >= 15 is 0 Å². The second-order valence-electron chi connectivity index (χ2n) is 3.99. The minimum atomic E-state index is -1.03. The lowest BCUT2D eigenvalue weighted by Gasteiger charge is -2.06. The van der Waals surface area contributed by atoms with Crippen LogP contribution in [0.3, 0.4) is 0 Å². The highest BCUT2D eigenvalue weighted by atomic mass is 32.2. The van der Waals surface area contributed by atoms with Gasteiger partial charge in [0.15, 0.2) is 0 Å². The van der Waals surface area contributed by atoms with Gasteiger partial charge in [-0.25, -0.2) is 4.98 Å². The molecule has 0 aliphatic heterocycles. The highest BCUT2D eigenvalue weighted by molar-refractivity contribution is 7.98. The molecule has 6 nitrogen and oxygen atoms in total. The third kappa shape index (κ3) is 3.33. The zero-order chi connectivity index (χ0) is 13.8. The van der Waals surface area contributed by atoms with E-state index in [2.05, 4.69) is 9.97 Å². The van der Waals surface area contributed by atoms with Crippen LogP contribution in [0, 0.1) is 0 Å². The Morgan fingerprint density at radius 2 is 2.21 bits per heavy atom. The molecule has 1 atom stereocenters. The van der Waals surface area contributed by atoms with E-state index in [1.807, 2.05) is 6.07 Å². The minimum Gasteiger partial charge on any atom is -0.480 e. The van der Waals surface area contributed by atoms with E-state index in [1.54, 1.807) is 18.2 Å². The van der Waals surface area contributed by atoms with Crippen molar-refractivity contribution in [3.63, 3.8) is 0 Å². The molecule has 0 saturated heterocycles. The number of hydrogen-bond acceptors (Lipinski definition) is 5. The van der Waals surface area contributed by atoms with Gasteiger partial charge in [-0.1, -0.05) is 12.1 Å². The van der Waals surface area contributed by atoms with Crippen molar-refractivity contribution in [1.29, 1.82) is 0 Å². The van der Waals surface area contributed by atoms with Gasteiger partial charge in [-0.05, 0) is 12.1 Å². The van der Waals surface area contributed by atoms with Gasteiger partial charge in [0.25, 0.3) is 5.56 Å². The smallest absolute Gasteiger partial charge is 0.321 e. The van der Waals surface area contributed by atoms with Crippen molar-refractivity contribution in [2.75, 3.05) is 5.75 Å². The number of aromatic amines is 1. The maximum absolute atomic E-state index is 11.8. The van der Waals surface area contributed by atoms with Crippen LogP contribution < -0.4 is 11.3 Å². The van der Waals surface area contributed by atoms with Crippen LogP contribution in [0.2, 0.25) is 0 Å². The summed E-state index contributed by atoms with van der Waals surface area (Å²) in [6, 6.07) is 6.16. The maximum Gasteiger partial charge on any atom is 0.321 e. The van der Waals surface area contributed by atoms with Crippen LogP contribution in [0.5, 0.6) is 0 Å². The zero-order valence-corrected chi connectivity index (χ0v) is 10.8. The van der Waals surface area contributed by atoms with Crippen LogP contribution in [0.4, 0.5) is 0 Å². The fourth-order valence-corrected chi connectivity index (χ4v) is 2.40. The van der Waals surface area contributed by atoms with Crippen molar-refractivity contribution in [1.82, 2.24) is 9.97 Å². The number of hydrogen-bond donors (Lipinski definition) is 3. The van der Waals surface area contributed by atoms with E-state index in [1.165, 1.54) is 11.8 Å². The molecule has 0 bridgehead atoms. The molecule has 0 radical (unpaired) electrons. The number of para-hydroxylation sites is 1. The first-order valence-electron chi connectivity index (χ1n) is 5.62. The van der Waals surface area contributed by atoms with Gasteiger partial charge >= 0.3 is 5.97 Å². The number of fused-ring (bicyclic) bond motifs is 1. The van der Waals surface area contributed by atoms with E-state index in [-0.39, 0.29) is 11.3 Å². The molecule has 0 fully saturated rings. The normalized spacial score (nSPS) is 12.5. The molecule has 0 saturated carbocycles. The summed E-state index contributed by atoms with van der Waals surface area (Å²) >= 11 is 1.32. The summed E-state index contributed by atoms with van der Waals surface area (Å²) in [6.07, 6.45) is 0. The molecule has 1 aromatic carbocycles. The van der Waals surface area contributed by atoms with Crippen LogP contribution in [0.15, 0.2) is 29.1 Å². The molecule has 2 rings (SSSR count). The van der Waals surface area contributed by atoms with Gasteiger partial charge in [0, 0.05) is 5.75 Å². The van der Waals surface area contributed by atoms with E-state index in [9.17, 15) is 9.59 Å². The number of aromatic nitrogens is 2. The molecule has 0 amide bonds. The van der Waals surface area contributed by atoms with E-state index < -0.39 is 12.0 Å². The summed E-state index contributed by atoms with van der Waals surface area (Å²) in [5.74, 6) is 0.172. The summed E-state index contributed by atoms with van der Waals surface area (Å²) in [6.45, 7) is 0. The van der Waals surface area contributed by atoms with Crippen molar-refractivity contribution in [2.45, 2.75) is 11.8 Å². The Morgan fingerprint density at radius 1 is 1.47 bits per heavy atom. The van der Waals surface area contributed by atoms with E-state index in [4.69, 9.17) is 10.8 Å². The van der Waals surface area contributed by atoms with Gasteiger partial charge in [0.1, 0.15) is 11.9 Å². The number of carboxylic acid groups (broad SMARTS) is 1. The van der Waals surface area contributed by atoms with E-state index in [0.717, 1.165) is 0 Å². The zero-order valence-electron chi connectivity index (χ0n) is 10.00. The average Bonchev–Trinajstić information content (AvgIpc) is 2.38. The number of nitrogens with zero attached hydrogens (tertiary/aromatic N) is 1. The number of rotatable bonds is 5. The highest BCUT2D eigenvalue weighted by Gasteiger charge is 2.11. The first-order valence-corrected chi connectivity index (χ1v) is 6.77. The highest BCUT2D eigenvalue weighted by Crippen LogP contribution is 2.11. The first-order chi connectivity index (χ1) is 9.08. The number of nitrogens with two attached hydrogens (primary N) is 1. The van der Waals surface area contributed by atoms with Crippen molar-refractivity contribution < 1.29 is 9.90 Å². The van der Waals surface area contributed by atoms with Crippen molar-refractivity contribution in [3.05, 3.63) is 40.4 Å². The van der Waals surface area contributed by atoms with Crippen LogP contribution >= 0.6 is 11.8 Å². The molecule has 0 unspecified atom stereocenters. The molecule has 0 aliphatic carbocycles. The van der Waals surface area contributed by atoms with E-state index in [0.29, 0.717) is 22.5 Å². The lowest BCUT2D eigenvalue weighted by molar-refractivity contribution is -0.137. The Labute approximate surface area is 113 Å². The van der Waals surface area contributed by atoms with Crippen LogP contribution in [0.25, 0.3) is 10.9 Å². The number of aliphatic carboxylic acids is 1. The fourth-order valence-electron chi connectivity index (χ4n) is 1.56. The third-order valence-electron chi connectivity index (χ3n) is 2.52. The number of H-pyrrole nitrogens is 1. The average molecular weight is 279 g/mol. The summed E-state index contributed by atoms with van der Waals surface area (Å²) in [4.78, 5) is 29.3. The Morgan fingerprint density at radius 3 is 2.95 bits per heavy atom.